The first-order valence-electron chi connectivity index (χ1n) is 18.3. The Morgan fingerprint density at radius 1 is 0.783 bits per heavy atom. The van der Waals surface area contributed by atoms with E-state index in [1.807, 2.05) is 48.5 Å². The summed E-state index contributed by atoms with van der Waals surface area (Å²) in [5.74, 6) is 1.36. The Balaban J connectivity index is 0.000000162. The van der Waals surface area contributed by atoms with Gasteiger partial charge in [0.05, 0.1) is 5.92 Å². The molecule has 6 heterocycles. The maximum Gasteiger partial charge on any atom is 0.257 e. The minimum atomic E-state index is -1.39. The summed E-state index contributed by atoms with van der Waals surface area (Å²) in [6, 6.07) is 20.4. The summed E-state index contributed by atoms with van der Waals surface area (Å²) >= 11 is 0. The molecule has 1 aliphatic carbocycles. The van der Waals surface area contributed by atoms with Crippen LogP contribution in [0.25, 0.3) is 0 Å². The van der Waals surface area contributed by atoms with Crippen molar-refractivity contribution in [1.82, 2.24) is 20.4 Å². The first-order valence-corrected chi connectivity index (χ1v) is 18.3. The average Bonchev–Trinajstić information content (AvgIpc) is 3.66. The molecule has 2 aromatic rings. The molecule has 7 aliphatic rings. The molecule has 6 saturated heterocycles. The molecule has 9 rings (SSSR count). The van der Waals surface area contributed by atoms with Crippen molar-refractivity contribution < 1.29 is 14.7 Å². The second-order valence-electron chi connectivity index (χ2n) is 14.7. The van der Waals surface area contributed by atoms with Crippen LogP contribution >= 0.6 is 0 Å². The standard InChI is InChI=1S/C20H28N2O2.C19H28N2O/c23-19(21-18-14-22-12-10-15(18)11-13-22)20(24,17-8-4-5-9-17)16-6-2-1-3-7-16;1-2-3-9-17(15-7-5-4-6-8-15)19(22)20-18-14-21-12-10-16(18)11-13-21/h1-3,6-7,15,17-18,24H,4-5,8-14H2,(H,21,23);4-8,16-18H,2-3,9-14H2,1H3,(H,20,22)/t18-,20?;17?,18-/m00/s1. The minimum Gasteiger partial charge on any atom is -0.375 e. The number of nitrogens with one attached hydrogen (secondary N) is 2. The predicted molar refractivity (Wildman–Crippen MR) is 183 cm³/mol. The smallest absolute Gasteiger partial charge is 0.257 e. The first kappa shape index (κ1) is 33.2. The van der Waals surface area contributed by atoms with Crippen molar-refractivity contribution in [3.63, 3.8) is 0 Å². The molecule has 4 bridgehead atoms. The number of hydrogen-bond acceptors (Lipinski definition) is 5. The van der Waals surface area contributed by atoms with Gasteiger partial charge in [-0.25, -0.2) is 0 Å². The maximum absolute atomic E-state index is 13.2. The third kappa shape index (κ3) is 7.53. The van der Waals surface area contributed by atoms with Crippen LogP contribution in [0.4, 0.5) is 0 Å². The predicted octanol–water partition coefficient (Wildman–Crippen LogP) is 5.45. The van der Waals surface area contributed by atoms with Crippen LogP contribution in [0.2, 0.25) is 0 Å². The van der Waals surface area contributed by atoms with Crippen molar-refractivity contribution >= 4 is 11.8 Å². The fraction of sp³-hybridized carbons (Fsp3) is 0.641. The molecule has 0 aromatic heterocycles. The van der Waals surface area contributed by atoms with Crippen molar-refractivity contribution in [1.29, 1.82) is 0 Å². The number of piperidine rings is 6. The lowest BCUT2D eigenvalue weighted by atomic mass is 9.78. The van der Waals surface area contributed by atoms with Crippen LogP contribution in [0, 0.1) is 17.8 Å². The molecule has 2 unspecified atom stereocenters. The third-order valence-electron chi connectivity index (χ3n) is 11.8. The maximum atomic E-state index is 13.2. The van der Waals surface area contributed by atoms with E-state index in [0.717, 1.165) is 95.1 Å². The Hall–Kier alpha value is -2.74. The number of benzene rings is 2. The van der Waals surface area contributed by atoms with Gasteiger partial charge >= 0.3 is 0 Å². The summed E-state index contributed by atoms with van der Waals surface area (Å²) in [5, 5.41) is 18.1. The van der Waals surface area contributed by atoms with Crippen LogP contribution in [-0.2, 0) is 15.2 Å². The Morgan fingerprint density at radius 3 is 1.80 bits per heavy atom. The van der Waals surface area contributed by atoms with Gasteiger partial charge in [0.15, 0.2) is 5.60 Å². The first-order chi connectivity index (χ1) is 22.5. The number of carbonyl (C=O) groups is 2. The van der Waals surface area contributed by atoms with Crippen molar-refractivity contribution in [2.75, 3.05) is 39.3 Å². The highest BCUT2D eigenvalue weighted by molar-refractivity contribution is 5.87. The molecule has 46 heavy (non-hydrogen) atoms. The van der Waals surface area contributed by atoms with E-state index in [1.54, 1.807) is 0 Å². The van der Waals surface area contributed by atoms with Crippen LogP contribution in [0.5, 0.6) is 0 Å². The second kappa shape index (κ2) is 15.4. The van der Waals surface area contributed by atoms with Crippen molar-refractivity contribution in [2.24, 2.45) is 17.8 Å². The number of carbonyl (C=O) groups excluding carboxylic acids is 2. The molecule has 0 spiro atoms. The molecule has 7 fully saturated rings. The highest BCUT2D eigenvalue weighted by Gasteiger charge is 2.48. The van der Waals surface area contributed by atoms with E-state index in [-0.39, 0.29) is 29.7 Å². The zero-order valence-corrected chi connectivity index (χ0v) is 27.9. The van der Waals surface area contributed by atoms with Gasteiger partial charge in [-0.1, -0.05) is 93.3 Å². The van der Waals surface area contributed by atoms with Crippen LogP contribution < -0.4 is 10.6 Å². The monoisotopic (exact) mass is 628 g/mol. The quantitative estimate of drug-likeness (QED) is 0.326. The summed E-state index contributed by atoms with van der Waals surface area (Å²) in [7, 11) is 0. The highest BCUT2D eigenvalue weighted by Crippen LogP contribution is 2.41. The van der Waals surface area contributed by atoms with Crippen molar-refractivity contribution in [2.45, 2.75) is 101 Å². The van der Waals surface area contributed by atoms with E-state index in [1.165, 1.54) is 25.9 Å². The van der Waals surface area contributed by atoms with Crippen LogP contribution in [-0.4, -0.2) is 78.1 Å². The largest absolute Gasteiger partial charge is 0.375 e. The Morgan fingerprint density at radius 2 is 1.30 bits per heavy atom. The molecule has 6 aliphatic heterocycles. The normalized spacial score (nSPS) is 30.5. The summed E-state index contributed by atoms with van der Waals surface area (Å²) in [6.07, 6.45) is 12.1. The van der Waals surface area contributed by atoms with Gasteiger partial charge in [-0.2, -0.15) is 0 Å². The lowest BCUT2D eigenvalue weighted by Crippen LogP contribution is -2.61. The molecule has 4 atom stereocenters. The van der Waals surface area contributed by atoms with Gasteiger partial charge in [0.25, 0.3) is 5.91 Å². The molecular formula is C39H56N4O3. The Labute approximate surface area is 276 Å². The molecule has 2 amide bonds. The topological polar surface area (TPSA) is 84.9 Å². The van der Waals surface area contributed by atoms with Gasteiger partial charge in [0.2, 0.25) is 5.91 Å². The van der Waals surface area contributed by atoms with E-state index in [4.69, 9.17) is 0 Å². The van der Waals surface area contributed by atoms with Gasteiger partial charge in [-0.05, 0) is 94.1 Å². The molecule has 2 aromatic carbocycles. The summed E-state index contributed by atoms with van der Waals surface area (Å²) < 4.78 is 0. The third-order valence-corrected chi connectivity index (χ3v) is 11.8. The number of fused-ring (bicyclic) bond motifs is 6. The molecule has 3 N–H and O–H groups in total. The lowest BCUT2D eigenvalue weighted by molar-refractivity contribution is -0.149. The van der Waals surface area contributed by atoms with Gasteiger partial charge in [0, 0.05) is 31.1 Å². The van der Waals surface area contributed by atoms with Gasteiger partial charge in [-0.15, -0.1) is 0 Å². The number of amides is 2. The number of hydrogen-bond donors (Lipinski definition) is 3. The fourth-order valence-electron chi connectivity index (χ4n) is 8.95. The van der Waals surface area contributed by atoms with Crippen LogP contribution in [0.1, 0.15) is 94.6 Å². The van der Waals surface area contributed by atoms with Crippen LogP contribution in [0.3, 0.4) is 0 Å². The molecule has 7 heteroatoms. The van der Waals surface area contributed by atoms with Crippen molar-refractivity contribution in [3.05, 3.63) is 71.8 Å². The summed E-state index contributed by atoms with van der Waals surface area (Å²) in [5.41, 5.74) is 0.523. The van der Waals surface area contributed by atoms with Gasteiger partial charge in [-0.3, -0.25) is 9.59 Å². The number of unbranched alkanes of at least 4 members (excludes halogenated alkanes) is 1. The Kier molecular flexibility index (Phi) is 11.1. The highest BCUT2D eigenvalue weighted by atomic mass is 16.3. The van der Waals surface area contributed by atoms with Crippen molar-refractivity contribution in [3.8, 4) is 0 Å². The number of aliphatic hydroxyl groups is 1. The molecule has 7 nitrogen and oxygen atoms in total. The second-order valence-corrected chi connectivity index (χ2v) is 14.7. The van der Waals surface area contributed by atoms with E-state index in [0.29, 0.717) is 17.9 Å². The van der Waals surface area contributed by atoms with Gasteiger partial charge < -0.3 is 25.5 Å². The Bertz CT molecular complexity index is 1250. The summed E-state index contributed by atoms with van der Waals surface area (Å²) in [4.78, 5) is 31.0. The van der Waals surface area contributed by atoms with Crippen LogP contribution in [0.15, 0.2) is 60.7 Å². The van der Waals surface area contributed by atoms with E-state index in [2.05, 4.69) is 39.5 Å². The van der Waals surface area contributed by atoms with E-state index < -0.39 is 5.60 Å². The zero-order valence-electron chi connectivity index (χ0n) is 27.9. The fourth-order valence-corrected chi connectivity index (χ4v) is 8.95. The van der Waals surface area contributed by atoms with E-state index >= 15 is 0 Å². The molecule has 250 valence electrons. The zero-order chi connectivity index (χ0) is 31.9. The molecule has 1 saturated carbocycles. The summed E-state index contributed by atoms with van der Waals surface area (Å²) in [6.45, 7) is 8.92. The lowest BCUT2D eigenvalue weighted by Gasteiger charge is -2.46. The van der Waals surface area contributed by atoms with Gasteiger partial charge in [0.1, 0.15) is 0 Å². The number of nitrogens with zero attached hydrogens (tertiary/aromatic N) is 2. The SMILES string of the molecule is CCCCC(C(=O)N[C@H]1CN2CCC1CC2)c1ccccc1.O=C(N[C@H]1CN2CCC1CC2)C(O)(c1ccccc1)C1CCCC1. The van der Waals surface area contributed by atoms with E-state index in [9.17, 15) is 14.7 Å². The molecular weight excluding hydrogens is 572 g/mol. The number of rotatable bonds is 10. The molecule has 0 radical (unpaired) electrons. The minimum absolute atomic E-state index is 0.0107. The average molecular weight is 629 g/mol.